The molecule has 0 fully saturated rings. The maximum atomic E-state index is 12.2. The molecule has 1 heterocycles. The summed E-state index contributed by atoms with van der Waals surface area (Å²) >= 11 is 1.48. The number of hydrogen-bond donors (Lipinski definition) is 2. The zero-order valence-corrected chi connectivity index (χ0v) is 12.8. The van der Waals surface area contributed by atoms with Gasteiger partial charge in [-0.15, -0.1) is 11.3 Å². The fraction of sp³-hybridized carbons (Fsp3) is 0.667. The minimum Gasteiger partial charge on any atom is -0.312 e. The predicted octanol–water partition coefficient (Wildman–Crippen LogP) is 2.32. The molecule has 0 aliphatic carbocycles. The van der Waals surface area contributed by atoms with Crippen LogP contribution in [0.2, 0.25) is 0 Å². The molecule has 0 saturated heterocycles. The molecule has 2 N–H and O–H groups in total. The summed E-state index contributed by atoms with van der Waals surface area (Å²) < 4.78 is 27.1. The van der Waals surface area contributed by atoms with Crippen molar-refractivity contribution in [2.75, 3.05) is 6.54 Å². The zero-order chi connectivity index (χ0) is 13.6. The Labute approximate surface area is 114 Å². The SMILES string of the molecule is CCCNCc1sccc1S(=O)(=O)NC(C)CC. The maximum absolute atomic E-state index is 12.2. The van der Waals surface area contributed by atoms with E-state index < -0.39 is 10.0 Å². The van der Waals surface area contributed by atoms with E-state index in [4.69, 9.17) is 0 Å². The molecule has 0 amide bonds. The molecule has 1 atom stereocenters. The van der Waals surface area contributed by atoms with Crippen molar-refractivity contribution in [1.29, 1.82) is 0 Å². The Morgan fingerprint density at radius 3 is 2.72 bits per heavy atom. The lowest BCUT2D eigenvalue weighted by Crippen LogP contribution is -2.32. The topological polar surface area (TPSA) is 58.2 Å². The molecule has 1 rings (SSSR count). The highest BCUT2D eigenvalue weighted by Crippen LogP contribution is 2.22. The Morgan fingerprint density at radius 1 is 1.39 bits per heavy atom. The number of sulfonamides is 1. The summed E-state index contributed by atoms with van der Waals surface area (Å²) in [6.45, 7) is 7.44. The van der Waals surface area contributed by atoms with Gasteiger partial charge in [0.2, 0.25) is 10.0 Å². The smallest absolute Gasteiger partial charge is 0.241 e. The minimum atomic E-state index is -3.38. The van der Waals surface area contributed by atoms with Crippen molar-refractivity contribution in [2.24, 2.45) is 0 Å². The second kappa shape index (κ2) is 7.23. The second-order valence-corrected chi connectivity index (χ2v) is 7.00. The highest BCUT2D eigenvalue weighted by atomic mass is 32.2. The van der Waals surface area contributed by atoms with E-state index in [2.05, 4.69) is 17.0 Å². The number of nitrogens with one attached hydrogen (secondary N) is 2. The molecule has 0 bridgehead atoms. The zero-order valence-electron chi connectivity index (χ0n) is 11.2. The van der Waals surface area contributed by atoms with Crippen LogP contribution >= 0.6 is 11.3 Å². The first-order chi connectivity index (χ1) is 8.51. The normalized spacial score (nSPS) is 13.7. The van der Waals surface area contributed by atoms with E-state index in [9.17, 15) is 8.42 Å². The highest BCUT2D eigenvalue weighted by molar-refractivity contribution is 7.89. The first kappa shape index (κ1) is 15.6. The predicted molar refractivity (Wildman–Crippen MR) is 76.4 cm³/mol. The van der Waals surface area contributed by atoms with Gasteiger partial charge in [-0.3, -0.25) is 0 Å². The number of hydrogen-bond acceptors (Lipinski definition) is 4. The molecule has 18 heavy (non-hydrogen) atoms. The largest absolute Gasteiger partial charge is 0.312 e. The van der Waals surface area contributed by atoms with Crippen molar-refractivity contribution < 1.29 is 8.42 Å². The lowest BCUT2D eigenvalue weighted by Gasteiger charge is -2.12. The summed E-state index contributed by atoms with van der Waals surface area (Å²) in [6.07, 6.45) is 1.82. The van der Waals surface area contributed by atoms with Crippen LogP contribution in [0.1, 0.15) is 38.5 Å². The third kappa shape index (κ3) is 4.35. The van der Waals surface area contributed by atoms with Crippen LogP contribution in [0.25, 0.3) is 0 Å². The van der Waals surface area contributed by atoms with Gasteiger partial charge in [-0.1, -0.05) is 13.8 Å². The van der Waals surface area contributed by atoms with Crippen LogP contribution in [0, 0.1) is 0 Å². The van der Waals surface area contributed by atoms with Gasteiger partial charge in [-0.05, 0) is 37.8 Å². The van der Waals surface area contributed by atoms with E-state index in [0.717, 1.165) is 24.3 Å². The van der Waals surface area contributed by atoms with E-state index in [1.54, 1.807) is 6.07 Å². The molecule has 1 aromatic heterocycles. The van der Waals surface area contributed by atoms with Crippen LogP contribution in [0.15, 0.2) is 16.3 Å². The van der Waals surface area contributed by atoms with Crippen molar-refractivity contribution in [2.45, 2.75) is 51.1 Å². The van der Waals surface area contributed by atoms with Crippen LogP contribution in [-0.4, -0.2) is 21.0 Å². The molecule has 0 aromatic carbocycles. The van der Waals surface area contributed by atoms with Gasteiger partial charge in [-0.2, -0.15) is 0 Å². The highest BCUT2D eigenvalue weighted by Gasteiger charge is 2.20. The molecule has 0 aliphatic rings. The van der Waals surface area contributed by atoms with Gasteiger partial charge in [0.25, 0.3) is 0 Å². The van der Waals surface area contributed by atoms with Crippen molar-refractivity contribution >= 4 is 21.4 Å². The van der Waals surface area contributed by atoms with Crippen LogP contribution < -0.4 is 10.0 Å². The summed E-state index contributed by atoms with van der Waals surface area (Å²) in [5, 5.41) is 5.06. The third-order valence-electron chi connectivity index (χ3n) is 2.68. The van der Waals surface area contributed by atoms with Crippen LogP contribution in [0.4, 0.5) is 0 Å². The Kier molecular flexibility index (Phi) is 6.28. The quantitative estimate of drug-likeness (QED) is 0.722. The molecule has 0 saturated carbocycles. The second-order valence-electron chi connectivity index (χ2n) is 4.32. The first-order valence-electron chi connectivity index (χ1n) is 6.30. The summed E-state index contributed by atoms with van der Waals surface area (Å²) in [6, 6.07) is 1.64. The lowest BCUT2D eigenvalue weighted by molar-refractivity contribution is 0.554. The number of rotatable bonds is 8. The van der Waals surface area contributed by atoms with Gasteiger partial charge < -0.3 is 5.32 Å². The van der Waals surface area contributed by atoms with Crippen molar-refractivity contribution in [3.63, 3.8) is 0 Å². The van der Waals surface area contributed by atoms with E-state index in [-0.39, 0.29) is 6.04 Å². The fourth-order valence-corrected chi connectivity index (χ4v) is 4.23. The van der Waals surface area contributed by atoms with Gasteiger partial charge in [-0.25, -0.2) is 13.1 Å². The van der Waals surface area contributed by atoms with Crippen molar-refractivity contribution in [3.8, 4) is 0 Å². The van der Waals surface area contributed by atoms with Gasteiger partial charge in [0, 0.05) is 17.5 Å². The Balaban J connectivity index is 2.79. The van der Waals surface area contributed by atoms with Crippen LogP contribution in [0.3, 0.4) is 0 Å². The third-order valence-corrected chi connectivity index (χ3v) is 5.40. The van der Waals surface area contributed by atoms with Gasteiger partial charge in [0.05, 0.1) is 4.90 Å². The first-order valence-corrected chi connectivity index (χ1v) is 8.67. The molecule has 0 spiro atoms. The molecule has 1 aromatic rings. The molecular formula is C12H22N2O2S2. The van der Waals surface area contributed by atoms with E-state index >= 15 is 0 Å². The molecule has 4 nitrogen and oxygen atoms in total. The van der Waals surface area contributed by atoms with E-state index in [1.165, 1.54) is 11.3 Å². The molecule has 104 valence electrons. The Hall–Kier alpha value is -0.430. The maximum Gasteiger partial charge on any atom is 0.241 e. The fourth-order valence-electron chi connectivity index (χ4n) is 1.49. The lowest BCUT2D eigenvalue weighted by atomic mass is 10.3. The van der Waals surface area contributed by atoms with Crippen LogP contribution in [-0.2, 0) is 16.6 Å². The van der Waals surface area contributed by atoms with Crippen LogP contribution in [0.5, 0.6) is 0 Å². The van der Waals surface area contributed by atoms with Crippen molar-refractivity contribution in [3.05, 3.63) is 16.3 Å². The van der Waals surface area contributed by atoms with E-state index in [1.807, 2.05) is 19.2 Å². The van der Waals surface area contributed by atoms with Crippen molar-refractivity contribution in [1.82, 2.24) is 10.0 Å². The molecule has 0 aliphatic heterocycles. The number of thiophene rings is 1. The average molecular weight is 290 g/mol. The standard InChI is InChI=1S/C12H22N2O2S2/c1-4-7-13-9-11-12(6-8-17-11)18(15,16)14-10(3)5-2/h6,8,10,13-14H,4-5,7,9H2,1-3H3. The summed E-state index contributed by atoms with van der Waals surface area (Å²) in [5.74, 6) is 0. The summed E-state index contributed by atoms with van der Waals surface area (Å²) in [4.78, 5) is 1.29. The molecule has 6 heteroatoms. The van der Waals surface area contributed by atoms with Gasteiger partial charge in [0.1, 0.15) is 0 Å². The molecule has 1 unspecified atom stereocenters. The van der Waals surface area contributed by atoms with Gasteiger partial charge >= 0.3 is 0 Å². The summed E-state index contributed by atoms with van der Waals surface area (Å²) in [5.41, 5.74) is 0. The monoisotopic (exact) mass is 290 g/mol. The van der Waals surface area contributed by atoms with Gasteiger partial charge in [0.15, 0.2) is 0 Å². The van der Waals surface area contributed by atoms with E-state index in [0.29, 0.717) is 11.4 Å². The molecule has 0 radical (unpaired) electrons. The Morgan fingerprint density at radius 2 is 2.11 bits per heavy atom. The average Bonchev–Trinajstić information content (AvgIpc) is 2.78. The summed E-state index contributed by atoms with van der Waals surface area (Å²) in [7, 11) is -3.38. The Bertz CT molecular complexity index is 454. The molecular weight excluding hydrogens is 268 g/mol. The minimum absolute atomic E-state index is 0.0358.